The van der Waals surface area contributed by atoms with E-state index in [4.69, 9.17) is 10.2 Å². The van der Waals surface area contributed by atoms with Crippen molar-refractivity contribution in [2.24, 2.45) is 5.73 Å². The number of nitrogens with zero attached hydrogens (tertiary/aromatic N) is 2. The van der Waals surface area contributed by atoms with Crippen LogP contribution in [0.3, 0.4) is 0 Å². The maximum Gasteiger partial charge on any atom is 0.350 e. The number of primary amides is 1. The van der Waals surface area contributed by atoms with E-state index in [1.807, 2.05) is 4.90 Å². The summed E-state index contributed by atoms with van der Waals surface area (Å²) in [6.07, 6.45) is 3.11. The molecule has 1 aromatic carbocycles. The van der Waals surface area contributed by atoms with Gasteiger partial charge in [-0.05, 0) is 44.4 Å². The highest BCUT2D eigenvalue weighted by Crippen LogP contribution is 2.30. The Morgan fingerprint density at radius 2 is 1.86 bits per heavy atom. The molecule has 1 aromatic heterocycles. The molecule has 0 saturated carbocycles. The summed E-state index contributed by atoms with van der Waals surface area (Å²) in [6.45, 7) is 2.57. The van der Waals surface area contributed by atoms with E-state index in [0.29, 0.717) is 22.3 Å². The first kappa shape index (κ1) is 21.0. The number of likely N-dealkylation sites (tertiary alicyclic amines) is 1. The summed E-state index contributed by atoms with van der Waals surface area (Å²) < 4.78 is 5.28. The molecule has 0 bridgehead atoms. The van der Waals surface area contributed by atoms with Crippen LogP contribution in [0.4, 0.5) is 0 Å². The van der Waals surface area contributed by atoms with Crippen LogP contribution in [0.15, 0.2) is 22.6 Å². The molecule has 0 spiro atoms. The number of aliphatic hydroxyl groups excluding tert-OH is 1. The van der Waals surface area contributed by atoms with Gasteiger partial charge in [-0.3, -0.25) is 9.59 Å². The fourth-order valence-electron chi connectivity index (χ4n) is 3.94. The summed E-state index contributed by atoms with van der Waals surface area (Å²) in [4.78, 5) is 39.8. The number of nitrogens with two attached hydrogens (primary N) is 1. The Hall–Kier alpha value is -2.71. The van der Waals surface area contributed by atoms with Crippen molar-refractivity contribution in [3.63, 3.8) is 0 Å². The Balaban J connectivity index is 2.04. The van der Waals surface area contributed by atoms with Gasteiger partial charge >= 0.3 is 5.91 Å². The number of aliphatic hydroxyl groups is 1. The molecule has 1 aliphatic heterocycles. The molecule has 156 valence electrons. The van der Waals surface area contributed by atoms with Crippen LogP contribution < -0.4 is 5.73 Å². The molecule has 0 aliphatic carbocycles. The molecule has 1 atom stereocenters. The summed E-state index contributed by atoms with van der Waals surface area (Å²) in [5, 5.41) is 10.1. The number of hydrogen-bond donors (Lipinski definition) is 2. The fraction of sp³-hybridized carbons (Fsp3) is 0.476. The van der Waals surface area contributed by atoms with Crippen molar-refractivity contribution in [2.75, 3.05) is 33.8 Å². The van der Waals surface area contributed by atoms with Crippen LogP contribution in [0.2, 0.25) is 0 Å². The van der Waals surface area contributed by atoms with Crippen LogP contribution in [0.5, 0.6) is 0 Å². The van der Waals surface area contributed by atoms with Crippen molar-refractivity contribution in [1.29, 1.82) is 0 Å². The Morgan fingerprint density at radius 3 is 2.45 bits per heavy atom. The first-order valence-electron chi connectivity index (χ1n) is 9.79. The number of fused-ring (bicyclic) bond motifs is 1. The molecule has 3 rings (SSSR count). The maximum absolute atomic E-state index is 13.3. The van der Waals surface area contributed by atoms with Crippen LogP contribution in [0.1, 0.15) is 45.7 Å². The first-order chi connectivity index (χ1) is 13.7. The number of piperidine rings is 1. The van der Waals surface area contributed by atoms with Gasteiger partial charge in [-0.25, -0.2) is 9.28 Å². The summed E-state index contributed by atoms with van der Waals surface area (Å²) in [6, 6.07) is 3.98. The molecule has 8 heteroatoms. The van der Waals surface area contributed by atoms with Crippen LogP contribution in [-0.2, 0) is 4.79 Å². The minimum Gasteiger partial charge on any atom is -0.460 e. The number of aryl methyl sites for hydroxylation is 1. The Kier molecular flexibility index (Phi) is 5.77. The lowest BCUT2D eigenvalue weighted by Crippen LogP contribution is -2.60. The van der Waals surface area contributed by atoms with Gasteiger partial charge in [0.05, 0.1) is 14.1 Å². The molecule has 29 heavy (non-hydrogen) atoms. The highest BCUT2D eigenvalue weighted by molar-refractivity contribution is 6.07. The first-order valence-corrected chi connectivity index (χ1v) is 9.79. The van der Waals surface area contributed by atoms with Gasteiger partial charge in [0.15, 0.2) is 6.04 Å². The zero-order valence-electron chi connectivity index (χ0n) is 17.1. The fourth-order valence-corrected chi connectivity index (χ4v) is 3.94. The molecular formula is C21H28N3O5+. The molecule has 8 nitrogen and oxygen atoms in total. The molecule has 0 radical (unpaired) electrons. The zero-order chi connectivity index (χ0) is 21.3. The number of likely N-dealkylation sites (N-methyl/N-ethyl adjacent to an activating group) is 1. The van der Waals surface area contributed by atoms with Gasteiger partial charge in [0.25, 0.3) is 11.8 Å². The Morgan fingerprint density at radius 1 is 1.21 bits per heavy atom. The van der Waals surface area contributed by atoms with Gasteiger partial charge in [0.1, 0.15) is 23.5 Å². The largest absolute Gasteiger partial charge is 0.460 e. The van der Waals surface area contributed by atoms with E-state index in [1.165, 1.54) is 14.1 Å². The van der Waals surface area contributed by atoms with E-state index in [2.05, 4.69) is 0 Å². The van der Waals surface area contributed by atoms with E-state index in [1.54, 1.807) is 25.1 Å². The van der Waals surface area contributed by atoms with Gasteiger partial charge in [0.2, 0.25) is 0 Å². The second-order valence-corrected chi connectivity index (χ2v) is 8.04. The number of rotatable bonds is 5. The van der Waals surface area contributed by atoms with Gasteiger partial charge in [-0.1, -0.05) is 0 Å². The number of amides is 3. The van der Waals surface area contributed by atoms with Crippen molar-refractivity contribution in [1.82, 2.24) is 4.90 Å². The van der Waals surface area contributed by atoms with E-state index in [0.717, 1.165) is 32.4 Å². The minimum atomic E-state index is -1.09. The standard InChI is InChI=1S/C21H27N3O5/c1-13-18(21(28)24(2,3)16(12-25)19(22)26)15-11-14(7-8-17(15)29-13)20(27)23-9-5-4-6-10-23/h7-8,11,16,25H,4-6,9-10,12H2,1-3H3,(H-,22,26)/p+1. The predicted molar refractivity (Wildman–Crippen MR) is 107 cm³/mol. The average Bonchev–Trinajstić information content (AvgIpc) is 3.02. The third kappa shape index (κ3) is 3.77. The predicted octanol–water partition coefficient (Wildman–Crippen LogP) is 1.43. The quantitative estimate of drug-likeness (QED) is 0.735. The number of benzene rings is 1. The molecule has 2 aromatic rings. The summed E-state index contributed by atoms with van der Waals surface area (Å²) in [7, 11) is 3.05. The van der Waals surface area contributed by atoms with Crippen molar-refractivity contribution in [2.45, 2.75) is 32.2 Å². The van der Waals surface area contributed by atoms with Crippen molar-refractivity contribution in [3.05, 3.63) is 35.1 Å². The normalized spacial score (nSPS) is 16.1. The van der Waals surface area contributed by atoms with Gasteiger partial charge in [0, 0.05) is 24.0 Å². The zero-order valence-corrected chi connectivity index (χ0v) is 17.1. The molecule has 2 heterocycles. The number of hydrogen-bond acceptors (Lipinski definition) is 5. The SMILES string of the molecule is Cc1oc2ccc(C(=O)N3CCCCC3)cc2c1C(=O)[N+](C)(C)C(CO)C(N)=O. The van der Waals surface area contributed by atoms with Gasteiger partial charge in [-0.2, -0.15) is 0 Å². The molecule has 1 fully saturated rings. The molecule has 3 amide bonds. The Bertz CT molecular complexity index is 957. The molecule has 3 N–H and O–H groups in total. The molecule has 1 unspecified atom stereocenters. The number of carbonyl (C=O) groups excluding carboxylic acids is 3. The van der Waals surface area contributed by atoms with E-state index in [9.17, 15) is 19.5 Å². The number of furan rings is 1. The lowest BCUT2D eigenvalue weighted by atomic mass is 10.0. The van der Waals surface area contributed by atoms with Crippen molar-refractivity contribution >= 4 is 28.7 Å². The van der Waals surface area contributed by atoms with Crippen molar-refractivity contribution < 1.29 is 28.4 Å². The third-order valence-electron chi connectivity index (χ3n) is 5.77. The van der Waals surface area contributed by atoms with E-state index >= 15 is 0 Å². The van der Waals surface area contributed by atoms with Crippen LogP contribution >= 0.6 is 0 Å². The van der Waals surface area contributed by atoms with E-state index < -0.39 is 28.9 Å². The van der Waals surface area contributed by atoms with Gasteiger partial charge in [-0.15, -0.1) is 0 Å². The van der Waals surface area contributed by atoms with Crippen LogP contribution in [0.25, 0.3) is 11.0 Å². The highest BCUT2D eigenvalue weighted by Gasteiger charge is 2.42. The topological polar surface area (TPSA) is 114 Å². The summed E-state index contributed by atoms with van der Waals surface area (Å²) in [5.74, 6) is -0.859. The number of quaternary nitrogens is 1. The van der Waals surface area contributed by atoms with Crippen LogP contribution in [-0.4, -0.2) is 72.0 Å². The lowest BCUT2D eigenvalue weighted by Gasteiger charge is -2.32. The summed E-state index contributed by atoms with van der Waals surface area (Å²) in [5.41, 5.74) is 6.65. The smallest absolute Gasteiger partial charge is 0.350 e. The molecule has 1 saturated heterocycles. The van der Waals surface area contributed by atoms with Crippen molar-refractivity contribution in [3.8, 4) is 0 Å². The lowest BCUT2D eigenvalue weighted by molar-refractivity contribution is -0.825. The molecule has 1 aliphatic rings. The monoisotopic (exact) mass is 402 g/mol. The average molecular weight is 402 g/mol. The van der Waals surface area contributed by atoms with Crippen LogP contribution in [0, 0.1) is 6.92 Å². The maximum atomic E-state index is 13.3. The minimum absolute atomic E-state index is 0.0667. The summed E-state index contributed by atoms with van der Waals surface area (Å²) >= 11 is 0. The highest BCUT2D eigenvalue weighted by atomic mass is 16.3. The third-order valence-corrected chi connectivity index (χ3v) is 5.77. The number of carbonyl (C=O) groups is 3. The molecular weight excluding hydrogens is 374 g/mol. The second-order valence-electron chi connectivity index (χ2n) is 8.04. The Labute approximate surface area is 169 Å². The van der Waals surface area contributed by atoms with E-state index in [-0.39, 0.29) is 11.5 Å². The second kappa shape index (κ2) is 7.96. The van der Waals surface area contributed by atoms with Gasteiger partial charge < -0.3 is 20.2 Å².